The van der Waals surface area contributed by atoms with Crippen LogP contribution in [0.5, 0.6) is 0 Å². The van der Waals surface area contributed by atoms with Crippen molar-refractivity contribution in [3.63, 3.8) is 0 Å². The van der Waals surface area contributed by atoms with Crippen molar-refractivity contribution < 1.29 is 4.74 Å². The largest absolute Gasteiger partial charge is 0.379 e. The molecule has 0 spiro atoms. The predicted octanol–water partition coefficient (Wildman–Crippen LogP) is 1.45. The van der Waals surface area contributed by atoms with Gasteiger partial charge in [0.25, 0.3) is 0 Å². The van der Waals surface area contributed by atoms with Crippen molar-refractivity contribution in [3.05, 3.63) is 30.1 Å². The van der Waals surface area contributed by atoms with Crippen molar-refractivity contribution in [1.82, 2.24) is 9.88 Å². The van der Waals surface area contributed by atoms with Crippen LogP contribution in [0.15, 0.2) is 24.4 Å². The first kappa shape index (κ1) is 14.4. The number of ether oxygens (including phenoxy) is 1. The van der Waals surface area contributed by atoms with Crippen LogP contribution in [-0.2, 0) is 11.2 Å². The third-order valence-corrected chi connectivity index (χ3v) is 4.40. The number of hydrogen-bond acceptors (Lipinski definition) is 4. The van der Waals surface area contributed by atoms with E-state index in [9.17, 15) is 0 Å². The van der Waals surface area contributed by atoms with Crippen LogP contribution in [0.25, 0.3) is 0 Å². The molecule has 0 aromatic carbocycles. The molecule has 2 unspecified atom stereocenters. The third kappa shape index (κ3) is 3.32. The summed E-state index contributed by atoms with van der Waals surface area (Å²) < 4.78 is 5.44. The first-order valence-corrected chi connectivity index (χ1v) is 7.15. The Hall–Kier alpha value is -0.970. The van der Waals surface area contributed by atoms with Crippen molar-refractivity contribution >= 4 is 0 Å². The molecule has 1 fully saturated rings. The number of nitrogens with zero attached hydrogens (tertiary/aromatic N) is 2. The first-order chi connectivity index (χ1) is 9.16. The Morgan fingerprint density at radius 3 is 2.74 bits per heavy atom. The van der Waals surface area contributed by atoms with Gasteiger partial charge in [0.1, 0.15) is 0 Å². The van der Waals surface area contributed by atoms with Gasteiger partial charge < -0.3 is 10.5 Å². The van der Waals surface area contributed by atoms with Gasteiger partial charge in [-0.05, 0) is 25.5 Å². The Morgan fingerprint density at radius 2 is 2.16 bits per heavy atom. The monoisotopic (exact) mass is 263 g/mol. The SMILES string of the molecule is CCC(C)(C(N)Cc1ccccn1)N1CCOCC1. The summed E-state index contributed by atoms with van der Waals surface area (Å²) in [6.07, 6.45) is 3.70. The van der Waals surface area contributed by atoms with Crippen molar-refractivity contribution in [1.29, 1.82) is 0 Å². The van der Waals surface area contributed by atoms with E-state index in [1.165, 1.54) is 0 Å². The van der Waals surface area contributed by atoms with Gasteiger partial charge in [0.2, 0.25) is 0 Å². The van der Waals surface area contributed by atoms with E-state index in [0.717, 1.165) is 44.8 Å². The van der Waals surface area contributed by atoms with Crippen molar-refractivity contribution in [2.24, 2.45) is 5.73 Å². The zero-order chi connectivity index (χ0) is 13.7. The molecule has 4 nitrogen and oxygen atoms in total. The Bertz CT molecular complexity index is 378. The van der Waals surface area contributed by atoms with Gasteiger partial charge in [-0.2, -0.15) is 0 Å². The number of morpholine rings is 1. The van der Waals surface area contributed by atoms with Crippen LogP contribution in [0, 0.1) is 0 Å². The molecule has 2 N–H and O–H groups in total. The maximum atomic E-state index is 6.50. The van der Waals surface area contributed by atoms with E-state index >= 15 is 0 Å². The van der Waals surface area contributed by atoms with E-state index < -0.39 is 0 Å². The van der Waals surface area contributed by atoms with Crippen LogP contribution in [0.2, 0.25) is 0 Å². The molecule has 1 aliphatic heterocycles. The zero-order valence-corrected chi connectivity index (χ0v) is 12.0. The summed E-state index contributed by atoms with van der Waals surface area (Å²) in [5.74, 6) is 0. The highest BCUT2D eigenvalue weighted by molar-refractivity contribution is 5.08. The van der Waals surface area contributed by atoms with E-state index in [2.05, 4.69) is 29.8 Å². The maximum absolute atomic E-state index is 6.50. The Labute approximate surface area is 116 Å². The molecular weight excluding hydrogens is 238 g/mol. The molecule has 106 valence electrons. The van der Waals surface area contributed by atoms with Gasteiger partial charge in [0.05, 0.1) is 13.2 Å². The third-order valence-electron chi connectivity index (χ3n) is 4.40. The summed E-state index contributed by atoms with van der Waals surface area (Å²) in [6, 6.07) is 6.10. The molecule has 1 aliphatic rings. The topological polar surface area (TPSA) is 51.4 Å². The molecule has 0 amide bonds. The van der Waals surface area contributed by atoms with Gasteiger partial charge in [-0.1, -0.05) is 13.0 Å². The van der Waals surface area contributed by atoms with Crippen LogP contribution in [0.1, 0.15) is 26.0 Å². The normalized spacial score (nSPS) is 21.8. The standard InChI is InChI=1S/C15H25N3O/c1-3-15(2,18-8-10-19-11-9-18)14(16)12-13-6-4-5-7-17-13/h4-7,14H,3,8-12,16H2,1-2H3. The zero-order valence-electron chi connectivity index (χ0n) is 12.0. The van der Waals surface area contributed by atoms with Crippen LogP contribution in [0.4, 0.5) is 0 Å². The Kier molecular flexibility index (Phi) is 4.91. The Balaban J connectivity index is 2.06. The van der Waals surface area contributed by atoms with Crippen molar-refractivity contribution in [2.75, 3.05) is 26.3 Å². The lowest BCUT2D eigenvalue weighted by Gasteiger charge is -2.46. The van der Waals surface area contributed by atoms with Crippen molar-refractivity contribution in [2.45, 2.75) is 38.3 Å². The van der Waals surface area contributed by atoms with Crippen LogP contribution < -0.4 is 5.73 Å². The van der Waals surface area contributed by atoms with Crippen molar-refractivity contribution in [3.8, 4) is 0 Å². The number of rotatable bonds is 5. The highest BCUT2D eigenvalue weighted by atomic mass is 16.5. The molecule has 2 atom stereocenters. The van der Waals surface area contributed by atoms with Gasteiger partial charge in [0.15, 0.2) is 0 Å². The summed E-state index contributed by atoms with van der Waals surface area (Å²) in [7, 11) is 0. The molecule has 1 aromatic rings. The quantitative estimate of drug-likeness (QED) is 0.873. The summed E-state index contributed by atoms with van der Waals surface area (Å²) in [4.78, 5) is 6.86. The second-order valence-electron chi connectivity index (χ2n) is 5.44. The molecule has 0 saturated carbocycles. The van der Waals surface area contributed by atoms with E-state index in [1.54, 1.807) is 0 Å². The lowest BCUT2D eigenvalue weighted by Crippen LogP contribution is -2.61. The molecule has 2 heterocycles. The summed E-state index contributed by atoms with van der Waals surface area (Å²) in [5, 5.41) is 0. The second kappa shape index (κ2) is 6.46. The van der Waals surface area contributed by atoms with Gasteiger partial charge in [-0.3, -0.25) is 9.88 Å². The summed E-state index contributed by atoms with van der Waals surface area (Å²) >= 11 is 0. The number of nitrogens with two attached hydrogens (primary N) is 1. The molecule has 19 heavy (non-hydrogen) atoms. The van der Waals surface area contributed by atoms with E-state index in [1.807, 2.05) is 18.3 Å². The minimum Gasteiger partial charge on any atom is -0.379 e. The fraction of sp³-hybridized carbons (Fsp3) is 0.667. The number of hydrogen-bond donors (Lipinski definition) is 1. The van der Waals surface area contributed by atoms with Crippen LogP contribution >= 0.6 is 0 Å². The molecular formula is C15H25N3O. The fourth-order valence-corrected chi connectivity index (χ4v) is 2.76. The van der Waals surface area contributed by atoms with Crippen LogP contribution in [-0.4, -0.2) is 47.8 Å². The van der Waals surface area contributed by atoms with Gasteiger partial charge in [-0.25, -0.2) is 0 Å². The molecule has 2 rings (SSSR count). The van der Waals surface area contributed by atoms with Gasteiger partial charge >= 0.3 is 0 Å². The lowest BCUT2D eigenvalue weighted by atomic mass is 9.84. The molecule has 0 bridgehead atoms. The second-order valence-corrected chi connectivity index (χ2v) is 5.44. The smallest absolute Gasteiger partial charge is 0.0594 e. The molecule has 0 radical (unpaired) electrons. The summed E-state index contributed by atoms with van der Waals surface area (Å²) in [5.41, 5.74) is 7.59. The average Bonchev–Trinajstić information content (AvgIpc) is 2.48. The molecule has 1 aromatic heterocycles. The first-order valence-electron chi connectivity index (χ1n) is 7.15. The van der Waals surface area contributed by atoms with E-state index in [4.69, 9.17) is 10.5 Å². The minimum atomic E-state index is 0.0152. The fourth-order valence-electron chi connectivity index (χ4n) is 2.76. The predicted molar refractivity (Wildman–Crippen MR) is 77.0 cm³/mol. The highest BCUT2D eigenvalue weighted by Crippen LogP contribution is 2.25. The minimum absolute atomic E-state index is 0.0152. The number of aromatic nitrogens is 1. The Morgan fingerprint density at radius 1 is 1.42 bits per heavy atom. The van der Waals surface area contributed by atoms with E-state index in [0.29, 0.717) is 0 Å². The highest BCUT2D eigenvalue weighted by Gasteiger charge is 2.37. The molecule has 0 aliphatic carbocycles. The molecule has 4 heteroatoms. The summed E-state index contributed by atoms with van der Waals surface area (Å²) in [6.45, 7) is 8.05. The van der Waals surface area contributed by atoms with Gasteiger partial charge in [-0.15, -0.1) is 0 Å². The number of pyridine rings is 1. The van der Waals surface area contributed by atoms with E-state index in [-0.39, 0.29) is 11.6 Å². The maximum Gasteiger partial charge on any atom is 0.0594 e. The average molecular weight is 263 g/mol. The van der Waals surface area contributed by atoms with Gasteiger partial charge in [0, 0.05) is 43.0 Å². The molecule has 1 saturated heterocycles. The van der Waals surface area contributed by atoms with Crippen LogP contribution in [0.3, 0.4) is 0 Å². The lowest BCUT2D eigenvalue weighted by molar-refractivity contribution is -0.0273.